The van der Waals surface area contributed by atoms with Gasteiger partial charge >= 0.3 is 0 Å². The highest BCUT2D eigenvalue weighted by Gasteiger charge is 2.51. The zero-order valence-electron chi connectivity index (χ0n) is 21.3. The number of amidine groups is 1. The molecule has 39 heavy (non-hydrogen) atoms. The van der Waals surface area contributed by atoms with Crippen LogP contribution in [0.2, 0.25) is 0 Å². The van der Waals surface area contributed by atoms with Gasteiger partial charge in [0, 0.05) is 18.3 Å². The van der Waals surface area contributed by atoms with Crippen molar-refractivity contribution in [3.63, 3.8) is 0 Å². The van der Waals surface area contributed by atoms with Crippen molar-refractivity contribution in [1.82, 2.24) is 14.5 Å². The van der Waals surface area contributed by atoms with Crippen LogP contribution in [0.15, 0.2) is 53.6 Å². The van der Waals surface area contributed by atoms with Gasteiger partial charge in [0.25, 0.3) is 15.8 Å². The van der Waals surface area contributed by atoms with E-state index in [0.29, 0.717) is 31.0 Å². The quantitative estimate of drug-likeness (QED) is 0.314. The third kappa shape index (κ3) is 5.11. The molecule has 5 rings (SSSR count). The number of aromatic nitrogens is 2. The number of hydrogen-bond acceptors (Lipinski definition) is 8. The van der Waals surface area contributed by atoms with Gasteiger partial charge in [-0.25, -0.2) is 18.2 Å². The van der Waals surface area contributed by atoms with E-state index in [4.69, 9.17) is 13.8 Å². The van der Waals surface area contributed by atoms with Gasteiger partial charge in [0.05, 0.1) is 31.1 Å². The summed E-state index contributed by atoms with van der Waals surface area (Å²) in [5, 5.41) is 4.18. The molecule has 1 atom stereocenters. The smallest absolute Gasteiger partial charge is 0.264 e. The predicted octanol–water partition coefficient (Wildman–Crippen LogP) is 4.26. The van der Waals surface area contributed by atoms with Crippen molar-refractivity contribution in [1.29, 1.82) is 0 Å². The van der Waals surface area contributed by atoms with Gasteiger partial charge in [-0.05, 0) is 61.2 Å². The number of aryl methyl sites for hydroxylation is 1. The molecule has 2 aliphatic rings. The summed E-state index contributed by atoms with van der Waals surface area (Å²) in [4.78, 5) is 11.5. The van der Waals surface area contributed by atoms with Crippen LogP contribution in [0.3, 0.4) is 0 Å². The molecule has 1 saturated heterocycles. The fourth-order valence-corrected chi connectivity index (χ4v) is 5.07. The Morgan fingerprint density at radius 2 is 1.92 bits per heavy atom. The molecule has 1 aromatic heterocycles. The molecule has 0 N–H and O–H groups in total. The standard InChI is InChI=1S/C26H25F3N4O5S/c1-16-13-32(15-30-16)22-7-6-17(10-23(22)36-2)9-18-5-4-8-33-25(18)31-38-26(33,14-37-39(3,34)35)19-11-20(27)24(29)21(28)12-19/h6-7,9-13,15H,4-5,8,14H2,1-3H3. The fourth-order valence-electron chi connectivity index (χ4n) is 4.70. The summed E-state index contributed by atoms with van der Waals surface area (Å²) in [6, 6.07) is 7.12. The van der Waals surface area contributed by atoms with Crippen LogP contribution in [-0.4, -0.2) is 55.2 Å². The summed E-state index contributed by atoms with van der Waals surface area (Å²) in [5.41, 5.74) is 1.16. The van der Waals surface area contributed by atoms with Crippen molar-refractivity contribution in [3.05, 3.63) is 82.7 Å². The SMILES string of the molecule is COc1cc(C=C2CCCN3C2=NOC3(COS(C)(=O)=O)c2cc(F)c(F)c(F)c2)ccc1-n1cnc(C)c1. The Labute approximate surface area is 223 Å². The van der Waals surface area contributed by atoms with E-state index in [1.165, 1.54) is 0 Å². The number of piperidine rings is 1. The van der Waals surface area contributed by atoms with Gasteiger partial charge < -0.3 is 19.0 Å². The second kappa shape index (κ2) is 10.0. The first kappa shape index (κ1) is 26.8. The van der Waals surface area contributed by atoms with Crippen LogP contribution in [0.4, 0.5) is 13.2 Å². The highest BCUT2D eigenvalue weighted by atomic mass is 32.2. The number of ether oxygens (including phenoxy) is 1. The normalized spacial score (nSPS) is 20.1. The summed E-state index contributed by atoms with van der Waals surface area (Å²) in [5.74, 6) is -3.61. The van der Waals surface area contributed by atoms with Crippen LogP contribution < -0.4 is 4.74 Å². The number of oxime groups is 1. The maximum absolute atomic E-state index is 14.2. The Balaban J connectivity index is 1.52. The Morgan fingerprint density at radius 1 is 1.18 bits per heavy atom. The maximum Gasteiger partial charge on any atom is 0.264 e. The second-order valence-corrected chi connectivity index (χ2v) is 10.9. The van der Waals surface area contributed by atoms with E-state index in [1.807, 2.05) is 42.0 Å². The number of imidazole rings is 1. The maximum atomic E-state index is 14.2. The lowest BCUT2D eigenvalue weighted by Gasteiger charge is -2.39. The Bertz CT molecular complexity index is 1580. The minimum atomic E-state index is -3.97. The minimum Gasteiger partial charge on any atom is -0.495 e. The molecular formula is C26H25F3N4O5S. The van der Waals surface area contributed by atoms with E-state index < -0.39 is 39.9 Å². The van der Waals surface area contributed by atoms with Crippen LogP contribution in [0, 0.1) is 24.4 Å². The number of rotatable bonds is 7. The first-order valence-electron chi connectivity index (χ1n) is 11.9. The predicted molar refractivity (Wildman–Crippen MR) is 136 cm³/mol. The number of methoxy groups -OCH3 is 1. The highest BCUT2D eigenvalue weighted by molar-refractivity contribution is 7.85. The van der Waals surface area contributed by atoms with Gasteiger partial charge in [0.15, 0.2) is 23.3 Å². The third-order valence-electron chi connectivity index (χ3n) is 6.53. The summed E-state index contributed by atoms with van der Waals surface area (Å²) < 4.78 is 78.4. The van der Waals surface area contributed by atoms with Crippen LogP contribution in [0.25, 0.3) is 11.8 Å². The number of fused-ring (bicyclic) bond motifs is 1. The largest absolute Gasteiger partial charge is 0.495 e. The molecule has 2 aromatic carbocycles. The van der Waals surface area contributed by atoms with Crippen molar-refractivity contribution in [2.45, 2.75) is 25.5 Å². The van der Waals surface area contributed by atoms with Gasteiger partial charge in [-0.15, -0.1) is 0 Å². The van der Waals surface area contributed by atoms with Crippen molar-refractivity contribution in [2.24, 2.45) is 5.16 Å². The van der Waals surface area contributed by atoms with Crippen molar-refractivity contribution in [3.8, 4) is 11.4 Å². The molecular weight excluding hydrogens is 537 g/mol. The van der Waals surface area contributed by atoms with Crippen LogP contribution in [0.5, 0.6) is 5.75 Å². The average Bonchev–Trinajstić information content (AvgIpc) is 3.50. The summed E-state index contributed by atoms with van der Waals surface area (Å²) in [6.45, 7) is 1.53. The first-order valence-corrected chi connectivity index (χ1v) is 13.8. The van der Waals surface area contributed by atoms with Gasteiger partial charge in [-0.3, -0.25) is 4.18 Å². The van der Waals surface area contributed by atoms with Crippen molar-refractivity contribution < 1.29 is 35.3 Å². The molecule has 0 saturated carbocycles. The van der Waals surface area contributed by atoms with E-state index in [2.05, 4.69) is 10.1 Å². The lowest BCUT2D eigenvalue weighted by atomic mass is 9.94. The minimum absolute atomic E-state index is 0.177. The summed E-state index contributed by atoms with van der Waals surface area (Å²) in [6.07, 6.45) is 7.46. The molecule has 9 nitrogen and oxygen atoms in total. The van der Waals surface area contributed by atoms with Gasteiger partial charge in [0.2, 0.25) is 0 Å². The molecule has 1 unspecified atom stereocenters. The molecule has 1 fully saturated rings. The molecule has 0 amide bonds. The number of nitrogens with zero attached hydrogens (tertiary/aromatic N) is 4. The molecule has 3 aromatic rings. The molecule has 13 heteroatoms. The van der Waals surface area contributed by atoms with E-state index in [9.17, 15) is 21.6 Å². The van der Waals surface area contributed by atoms with E-state index in [-0.39, 0.29) is 5.56 Å². The van der Waals surface area contributed by atoms with E-state index in [0.717, 1.165) is 40.9 Å². The Morgan fingerprint density at radius 3 is 2.56 bits per heavy atom. The molecule has 3 heterocycles. The average molecular weight is 563 g/mol. The van der Waals surface area contributed by atoms with E-state index >= 15 is 0 Å². The zero-order chi connectivity index (χ0) is 27.9. The molecule has 2 aliphatic heterocycles. The molecule has 0 bridgehead atoms. The molecule has 0 radical (unpaired) electrons. The van der Waals surface area contributed by atoms with Gasteiger partial charge in [0.1, 0.15) is 12.4 Å². The van der Waals surface area contributed by atoms with Crippen LogP contribution in [0.1, 0.15) is 29.7 Å². The van der Waals surface area contributed by atoms with Crippen molar-refractivity contribution in [2.75, 3.05) is 26.5 Å². The topological polar surface area (TPSA) is 95.3 Å². The molecule has 0 aliphatic carbocycles. The second-order valence-electron chi connectivity index (χ2n) is 9.29. The van der Waals surface area contributed by atoms with Gasteiger partial charge in [-0.1, -0.05) is 11.2 Å². The van der Waals surface area contributed by atoms with Crippen LogP contribution in [-0.2, 0) is 24.9 Å². The first-order chi connectivity index (χ1) is 18.5. The number of benzene rings is 2. The van der Waals surface area contributed by atoms with Crippen molar-refractivity contribution >= 4 is 22.0 Å². The monoisotopic (exact) mass is 562 g/mol. The Hall–Kier alpha value is -3.84. The number of hydrogen-bond donors (Lipinski definition) is 0. The van der Waals surface area contributed by atoms with Gasteiger partial charge in [-0.2, -0.15) is 8.42 Å². The van der Waals surface area contributed by atoms with Crippen LogP contribution >= 0.6 is 0 Å². The lowest BCUT2D eigenvalue weighted by molar-refractivity contribution is -0.130. The summed E-state index contributed by atoms with van der Waals surface area (Å²) in [7, 11) is -2.41. The summed E-state index contributed by atoms with van der Waals surface area (Å²) >= 11 is 0. The fraction of sp³-hybridized carbons (Fsp3) is 0.308. The zero-order valence-corrected chi connectivity index (χ0v) is 22.1. The highest BCUT2D eigenvalue weighted by Crippen LogP contribution is 2.42. The lowest BCUT2D eigenvalue weighted by Crippen LogP contribution is -2.52. The Kier molecular flexibility index (Phi) is 6.89. The molecule has 0 spiro atoms. The third-order valence-corrected chi connectivity index (χ3v) is 7.07. The number of halogens is 3. The van der Waals surface area contributed by atoms with E-state index in [1.54, 1.807) is 18.3 Å². The molecule has 206 valence electrons.